The zero-order valence-corrected chi connectivity index (χ0v) is 16.2. The Morgan fingerprint density at radius 1 is 1.25 bits per heavy atom. The van der Waals surface area contributed by atoms with Crippen molar-refractivity contribution in [2.45, 2.75) is 19.4 Å². The molecule has 1 atom stereocenters. The van der Waals surface area contributed by atoms with Gasteiger partial charge < -0.3 is 15.5 Å². The van der Waals surface area contributed by atoms with Crippen LogP contribution in [0.3, 0.4) is 0 Å². The summed E-state index contributed by atoms with van der Waals surface area (Å²) in [6, 6.07) is 11.1. The lowest BCUT2D eigenvalue weighted by atomic mass is 10.2. The van der Waals surface area contributed by atoms with E-state index in [1.807, 2.05) is 49.5 Å². The number of nitrogens with zero attached hydrogens (tertiary/aromatic N) is 4. The Hall–Kier alpha value is -3.06. The molecule has 2 N–H and O–H groups in total. The quantitative estimate of drug-likeness (QED) is 0.706. The van der Waals surface area contributed by atoms with Gasteiger partial charge in [0, 0.05) is 43.4 Å². The van der Waals surface area contributed by atoms with Gasteiger partial charge in [0.25, 0.3) is 0 Å². The van der Waals surface area contributed by atoms with Gasteiger partial charge in [-0.05, 0) is 55.3 Å². The number of halogens is 1. The van der Waals surface area contributed by atoms with Gasteiger partial charge in [0.1, 0.15) is 5.82 Å². The molecule has 0 spiro atoms. The van der Waals surface area contributed by atoms with Crippen LogP contribution >= 0.6 is 11.6 Å². The fourth-order valence-corrected chi connectivity index (χ4v) is 3.62. The van der Waals surface area contributed by atoms with Crippen molar-refractivity contribution in [2.24, 2.45) is 0 Å². The average molecular weight is 397 g/mol. The van der Waals surface area contributed by atoms with Crippen LogP contribution in [-0.2, 0) is 0 Å². The fourth-order valence-electron chi connectivity index (χ4n) is 3.38. The van der Waals surface area contributed by atoms with Crippen molar-refractivity contribution in [1.29, 1.82) is 0 Å². The van der Waals surface area contributed by atoms with Crippen molar-refractivity contribution in [3.8, 4) is 5.69 Å². The number of carbonyl (C=O) groups is 1. The zero-order chi connectivity index (χ0) is 19.5. The smallest absolute Gasteiger partial charge is 0.319 e. The van der Waals surface area contributed by atoms with E-state index in [-0.39, 0.29) is 12.1 Å². The first-order valence-electron chi connectivity index (χ1n) is 9.14. The summed E-state index contributed by atoms with van der Waals surface area (Å²) in [5, 5.41) is 10.8. The molecule has 1 aliphatic rings. The lowest BCUT2D eigenvalue weighted by Gasteiger charge is -2.19. The molecule has 1 aliphatic heterocycles. The Balaban J connectivity index is 1.35. The molecule has 3 heterocycles. The van der Waals surface area contributed by atoms with E-state index in [2.05, 4.69) is 25.6 Å². The first-order valence-corrected chi connectivity index (χ1v) is 9.51. The van der Waals surface area contributed by atoms with Crippen LogP contribution in [-0.4, -0.2) is 39.9 Å². The first kappa shape index (κ1) is 18.3. The molecule has 4 rings (SSSR count). The monoisotopic (exact) mass is 396 g/mol. The fraction of sp³-hybridized carbons (Fsp3) is 0.250. The molecule has 1 saturated heterocycles. The number of aryl methyl sites for hydroxylation is 1. The molecule has 1 fully saturated rings. The second kappa shape index (κ2) is 7.90. The van der Waals surface area contributed by atoms with Crippen LogP contribution in [0.4, 0.5) is 16.3 Å². The Morgan fingerprint density at radius 3 is 2.89 bits per heavy atom. The molecule has 3 aromatic rings. The largest absolute Gasteiger partial charge is 0.353 e. The lowest BCUT2D eigenvalue weighted by molar-refractivity contribution is 0.249. The molecule has 8 heteroatoms. The average Bonchev–Trinajstić information content (AvgIpc) is 3.36. The summed E-state index contributed by atoms with van der Waals surface area (Å²) >= 11 is 6.22. The Bertz CT molecular complexity index is 975. The summed E-state index contributed by atoms with van der Waals surface area (Å²) in [4.78, 5) is 18.9. The van der Waals surface area contributed by atoms with Crippen LogP contribution in [0.1, 0.15) is 12.0 Å². The van der Waals surface area contributed by atoms with Gasteiger partial charge in [-0.3, -0.25) is 0 Å². The van der Waals surface area contributed by atoms with Crippen LogP contribution in [0.5, 0.6) is 0 Å². The molecule has 1 unspecified atom stereocenters. The zero-order valence-electron chi connectivity index (χ0n) is 15.5. The highest BCUT2D eigenvalue weighted by molar-refractivity contribution is 6.32. The Kier molecular flexibility index (Phi) is 5.16. The summed E-state index contributed by atoms with van der Waals surface area (Å²) in [6.45, 7) is 3.45. The highest BCUT2D eigenvalue weighted by Gasteiger charge is 2.26. The molecule has 0 radical (unpaired) electrons. The first-order chi connectivity index (χ1) is 13.6. The standard InChI is InChI=1S/C20H21ClN6O/c1-14-12-16(27-10-3-9-23-27)5-6-18(14)25-20(28)24-15-7-11-26(13-15)19-17(21)4-2-8-22-19/h2-6,8-10,12,15H,7,11,13H2,1H3,(H2,24,25,28). The molecule has 0 saturated carbocycles. The molecule has 2 aromatic heterocycles. The van der Waals surface area contributed by atoms with Crippen molar-refractivity contribution in [3.63, 3.8) is 0 Å². The lowest BCUT2D eigenvalue weighted by Crippen LogP contribution is -2.40. The molecule has 2 amide bonds. The summed E-state index contributed by atoms with van der Waals surface area (Å²) in [5.41, 5.74) is 2.69. The minimum absolute atomic E-state index is 0.0433. The van der Waals surface area contributed by atoms with E-state index < -0.39 is 0 Å². The molecular formula is C20H21ClN6O. The number of amides is 2. The second-order valence-corrected chi connectivity index (χ2v) is 7.20. The third-order valence-electron chi connectivity index (χ3n) is 4.79. The number of hydrogen-bond donors (Lipinski definition) is 2. The van der Waals surface area contributed by atoms with Crippen LogP contribution in [0, 0.1) is 6.92 Å². The number of anilines is 2. The van der Waals surface area contributed by atoms with Crippen molar-refractivity contribution < 1.29 is 4.79 Å². The summed E-state index contributed by atoms with van der Waals surface area (Å²) in [5.74, 6) is 0.763. The number of hydrogen-bond acceptors (Lipinski definition) is 4. The van der Waals surface area contributed by atoms with E-state index in [4.69, 9.17) is 11.6 Å². The van der Waals surface area contributed by atoms with Crippen molar-refractivity contribution in [3.05, 3.63) is 65.6 Å². The van der Waals surface area contributed by atoms with Crippen LogP contribution in [0.25, 0.3) is 5.69 Å². The van der Waals surface area contributed by atoms with Gasteiger partial charge in [-0.25, -0.2) is 14.5 Å². The summed E-state index contributed by atoms with van der Waals surface area (Å²) < 4.78 is 1.78. The number of benzene rings is 1. The molecule has 0 bridgehead atoms. The topological polar surface area (TPSA) is 75.1 Å². The predicted octanol–water partition coefficient (Wildman–Crippen LogP) is 3.63. The summed E-state index contributed by atoms with van der Waals surface area (Å²) in [6.07, 6.45) is 6.19. The SMILES string of the molecule is Cc1cc(-n2cccn2)ccc1NC(=O)NC1CCN(c2ncccc2Cl)C1. The van der Waals surface area contributed by atoms with Gasteiger partial charge in [-0.1, -0.05) is 11.6 Å². The maximum atomic E-state index is 12.4. The van der Waals surface area contributed by atoms with Crippen molar-refractivity contribution >= 4 is 29.1 Å². The van der Waals surface area contributed by atoms with Gasteiger partial charge in [-0.15, -0.1) is 0 Å². The minimum Gasteiger partial charge on any atom is -0.353 e. The number of rotatable bonds is 4. The van der Waals surface area contributed by atoms with E-state index in [1.54, 1.807) is 17.1 Å². The van der Waals surface area contributed by atoms with E-state index >= 15 is 0 Å². The van der Waals surface area contributed by atoms with Gasteiger partial charge >= 0.3 is 6.03 Å². The Labute approximate surface area is 168 Å². The van der Waals surface area contributed by atoms with Gasteiger partial charge in [0.2, 0.25) is 0 Å². The van der Waals surface area contributed by atoms with Crippen molar-refractivity contribution in [2.75, 3.05) is 23.3 Å². The molecule has 7 nitrogen and oxygen atoms in total. The molecular weight excluding hydrogens is 376 g/mol. The van der Waals surface area contributed by atoms with Crippen LogP contribution < -0.4 is 15.5 Å². The predicted molar refractivity (Wildman–Crippen MR) is 110 cm³/mol. The van der Waals surface area contributed by atoms with E-state index in [0.717, 1.165) is 35.7 Å². The van der Waals surface area contributed by atoms with Crippen LogP contribution in [0.15, 0.2) is 55.0 Å². The number of carbonyl (C=O) groups excluding carboxylic acids is 1. The third-order valence-corrected chi connectivity index (χ3v) is 5.08. The second-order valence-electron chi connectivity index (χ2n) is 6.79. The van der Waals surface area contributed by atoms with E-state index in [0.29, 0.717) is 11.6 Å². The van der Waals surface area contributed by atoms with E-state index in [1.165, 1.54) is 0 Å². The number of pyridine rings is 1. The molecule has 0 aliphatic carbocycles. The van der Waals surface area contributed by atoms with E-state index in [9.17, 15) is 4.79 Å². The number of aromatic nitrogens is 3. The number of urea groups is 1. The van der Waals surface area contributed by atoms with Gasteiger partial charge in [-0.2, -0.15) is 5.10 Å². The van der Waals surface area contributed by atoms with Gasteiger partial charge in [0.05, 0.1) is 10.7 Å². The highest BCUT2D eigenvalue weighted by atomic mass is 35.5. The minimum atomic E-state index is -0.214. The molecule has 1 aromatic carbocycles. The Morgan fingerprint density at radius 2 is 2.14 bits per heavy atom. The summed E-state index contributed by atoms with van der Waals surface area (Å²) in [7, 11) is 0. The maximum absolute atomic E-state index is 12.4. The third kappa shape index (κ3) is 3.94. The highest BCUT2D eigenvalue weighted by Crippen LogP contribution is 2.26. The molecule has 144 valence electrons. The van der Waals surface area contributed by atoms with Gasteiger partial charge in [0.15, 0.2) is 0 Å². The number of nitrogens with one attached hydrogen (secondary N) is 2. The van der Waals surface area contributed by atoms with Crippen molar-refractivity contribution in [1.82, 2.24) is 20.1 Å². The maximum Gasteiger partial charge on any atom is 0.319 e. The van der Waals surface area contributed by atoms with Crippen LogP contribution in [0.2, 0.25) is 5.02 Å². The molecule has 28 heavy (non-hydrogen) atoms. The normalized spacial score (nSPS) is 16.2.